The Bertz CT molecular complexity index is 374. The smallest absolute Gasteiger partial charge is 0.164 e. The molecule has 1 aromatic rings. The maximum atomic E-state index is 6.04. The minimum absolute atomic E-state index is 0.559. The van der Waals surface area contributed by atoms with Gasteiger partial charge >= 0.3 is 0 Å². The number of rotatable bonds is 8. The van der Waals surface area contributed by atoms with Crippen LogP contribution in [0.1, 0.15) is 12.5 Å². The van der Waals surface area contributed by atoms with Crippen molar-refractivity contribution in [2.75, 3.05) is 31.8 Å². The average Bonchev–Trinajstić information content (AvgIpc) is 2.36. The van der Waals surface area contributed by atoms with E-state index in [1.807, 2.05) is 17.8 Å². The summed E-state index contributed by atoms with van der Waals surface area (Å²) in [6.07, 6.45) is 0.729. The molecule has 0 aliphatic rings. The second-order valence-electron chi connectivity index (χ2n) is 3.68. The van der Waals surface area contributed by atoms with Crippen LogP contribution in [0.4, 0.5) is 0 Å². The summed E-state index contributed by atoms with van der Waals surface area (Å²) in [6, 6.07) is 3.66. The molecular weight excluding hydrogens is 270 g/mol. The fourth-order valence-corrected chi connectivity index (χ4v) is 2.35. The van der Waals surface area contributed by atoms with E-state index in [9.17, 15) is 0 Å². The van der Waals surface area contributed by atoms with Gasteiger partial charge in [-0.25, -0.2) is 0 Å². The van der Waals surface area contributed by atoms with E-state index in [1.165, 1.54) is 0 Å². The number of benzene rings is 1. The summed E-state index contributed by atoms with van der Waals surface area (Å²) in [5.41, 5.74) is 6.61. The molecule has 18 heavy (non-hydrogen) atoms. The maximum Gasteiger partial charge on any atom is 0.164 e. The van der Waals surface area contributed by atoms with E-state index in [0.717, 1.165) is 29.2 Å². The zero-order valence-corrected chi connectivity index (χ0v) is 12.4. The van der Waals surface area contributed by atoms with Crippen LogP contribution < -0.4 is 15.2 Å². The molecular formula is C13H20ClNO2S. The lowest BCUT2D eigenvalue weighted by Gasteiger charge is -2.15. The number of hydrogen-bond acceptors (Lipinski definition) is 4. The highest BCUT2D eigenvalue weighted by Crippen LogP contribution is 2.35. The van der Waals surface area contributed by atoms with Crippen molar-refractivity contribution < 1.29 is 9.47 Å². The largest absolute Gasteiger partial charge is 0.493 e. The second kappa shape index (κ2) is 8.51. The van der Waals surface area contributed by atoms with Gasteiger partial charge in [0.1, 0.15) is 0 Å². The molecule has 1 aromatic carbocycles. The Hall–Kier alpha value is -0.580. The molecule has 0 saturated carbocycles. The minimum Gasteiger partial charge on any atom is -0.493 e. The SMILES string of the molecule is CCSCCOc1c(CCN)cc(Cl)cc1OC. The van der Waals surface area contributed by atoms with Crippen LogP contribution in [-0.4, -0.2) is 31.8 Å². The van der Waals surface area contributed by atoms with Gasteiger partial charge in [-0.05, 0) is 24.8 Å². The van der Waals surface area contributed by atoms with Crippen molar-refractivity contribution in [1.82, 2.24) is 0 Å². The zero-order valence-electron chi connectivity index (χ0n) is 10.9. The molecule has 0 bridgehead atoms. The minimum atomic E-state index is 0.559. The molecule has 0 radical (unpaired) electrons. The molecule has 102 valence electrons. The number of nitrogens with two attached hydrogens (primary N) is 1. The Morgan fingerprint density at radius 2 is 2.17 bits per heavy atom. The number of hydrogen-bond donors (Lipinski definition) is 1. The lowest BCUT2D eigenvalue weighted by molar-refractivity contribution is 0.310. The highest BCUT2D eigenvalue weighted by atomic mass is 35.5. The van der Waals surface area contributed by atoms with E-state index >= 15 is 0 Å². The van der Waals surface area contributed by atoms with Crippen LogP contribution in [0.2, 0.25) is 5.02 Å². The topological polar surface area (TPSA) is 44.5 Å². The van der Waals surface area contributed by atoms with Crippen molar-refractivity contribution in [3.05, 3.63) is 22.7 Å². The van der Waals surface area contributed by atoms with Gasteiger partial charge < -0.3 is 15.2 Å². The predicted molar refractivity (Wildman–Crippen MR) is 79.3 cm³/mol. The Morgan fingerprint density at radius 1 is 1.39 bits per heavy atom. The monoisotopic (exact) mass is 289 g/mol. The van der Waals surface area contributed by atoms with Crippen LogP contribution in [0.3, 0.4) is 0 Å². The zero-order chi connectivity index (χ0) is 13.4. The number of methoxy groups -OCH3 is 1. The van der Waals surface area contributed by atoms with Crippen LogP contribution in [0.15, 0.2) is 12.1 Å². The molecule has 0 unspecified atom stereocenters. The van der Waals surface area contributed by atoms with Gasteiger partial charge in [-0.2, -0.15) is 11.8 Å². The molecule has 1 rings (SSSR count). The summed E-state index contributed by atoms with van der Waals surface area (Å²) in [5, 5.41) is 0.644. The normalized spacial score (nSPS) is 10.4. The van der Waals surface area contributed by atoms with Crippen molar-refractivity contribution in [3.8, 4) is 11.5 Å². The summed E-state index contributed by atoms with van der Waals surface area (Å²) in [5.74, 6) is 3.50. The third-order valence-electron chi connectivity index (χ3n) is 2.41. The standard InChI is InChI=1S/C13H20ClNO2S/c1-3-18-7-6-17-13-10(4-5-15)8-11(14)9-12(13)16-2/h8-9H,3-7,15H2,1-2H3. The fraction of sp³-hybridized carbons (Fsp3) is 0.538. The van der Waals surface area contributed by atoms with Gasteiger partial charge in [-0.1, -0.05) is 18.5 Å². The molecule has 0 spiro atoms. The predicted octanol–water partition coefficient (Wildman–Crippen LogP) is 2.98. The average molecular weight is 290 g/mol. The number of thioether (sulfide) groups is 1. The Kier molecular flexibility index (Phi) is 7.32. The third kappa shape index (κ3) is 4.59. The van der Waals surface area contributed by atoms with Gasteiger partial charge in [0.2, 0.25) is 0 Å². The van der Waals surface area contributed by atoms with Crippen molar-refractivity contribution in [1.29, 1.82) is 0 Å². The molecule has 0 fully saturated rings. The first-order valence-corrected chi connectivity index (χ1v) is 7.53. The van der Waals surface area contributed by atoms with Crippen LogP contribution >= 0.6 is 23.4 Å². The van der Waals surface area contributed by atoms with E-state index in [2.05, 4.69) is 6.92 Å². The van der Waals surface area contributed by atoms with Gasteiger partial charge in [0.15, 0.2) is 11.5 Å². The van der Waals surface area contributed by atoms with Crippen LogP contribution in [0.5, 0.6) is 11.5 Å². The fourth-order valence-electron chi connectivity index (χ4n) is 1.63. The maximum absolute atomic E-state index is 6.04. The van der Waals surface area contributed by atoms with E-state index < -0.39 is 0 Å². The highest BCUT2D eigenvalue weighted by molar-refractivity contribution is 7.99. The quantitative estimate of drug-likeness (QED) is 0.747. The molecule has 0 aliphatic carbocycles. The first-order valence-electron chi connectivity index (χ1n) is 6.00. The Labute approximate surface area is 118 Å². The van der Waals surface area contributed by atoms with Gasteiger partial charge in [0.25, 0.3) is 0 Å². The molecule has 0 amide bonds. The second-order valence-corrected chi connectivity index (χ2v) is 5.51. The van der Waals surface area contributed by atoms with E-state index in [-0.39, 0.29) is 0 Å². The first-order chi connectivity index (χ1) is 8.72. The summed E-state index contributed by atoms with van der Waals surface area (Å²) < 4.78 is 11.1. The molecule has 0 aromatic heterocycles. The summed E-state index contributed by atoms with van der Waals surface area (Å²) in [4.78, 5) is 0. The molecule has 0 heterocycles. The van der Waals surface area contributed by atoms with E-state index in [1.54, 1.807) is 13.2 Å². The first kappa shape index (κ1) is 15.5. The van der Waals surface area contributed by atoms with Crippen LogP contribution in [0, 0.1) is 0 Å². The third-order valence-corrected chi connectivity index (χ3v) is 3.49. The Balaban J connectivity index is 2.83. The van der Waals surface area contributed by atoms with Crippen molar-refractivity contribution in [2.45, 2.75) is 13.3 Å². The van der Waals surface area contributed by atoms with E-state index in [0.29, 0.717) is 23.9 Å². The summed E-state index contributed by atoms with van der Waals surface area (Å²) in [7, 11) is 1.62. The number of ether oxygens (including phenoxy) is 2. The molecule has 0 aliphatic heterocycles. The van der Waals surface area contributed by atoms with Gasteiger partial charge in [0, 0.05) is 22.4 Å². The highest BCUT2D eigenvalue weighted by Gasteiger charge is 2.12. The van der Waals surface area contributed by atoms with Crippen LogP contribution in [-0.2, 0) is 6.42 Å². The molecule has 0 saturated heterocycles. The summed E-state index contributed by atoms with van der Waals surface area (Å²) in [6.45, 7) is 3.35. The van der Waals surface area contributed by atoms with Crippen molar-refractivity contribution in [3.63, 3.8) is 0 Å². The van der Waals surface area contributed by atoms with Crippen LogP contribution in [0.25, 0.3) is 0 Å². The lowest BCUT2D eigenvalue weighted by Crippen LogP contribution is -2.08. The number of halogens is 1. The molecule has 3 nitrogen and oxygen atoms in total. The molecule has 2 N–H and O–H groups in total. The van der Waals surface area contributed by atoms with Crippen molar-refractivity contribution >= 4 is 23.4 Å². The molecule has 5 heteroatoms. The lowest BCUT2D eigenvalue weighted by atomic mass is 10.1. The van der Waals surface area contributed by atoms with Crippen molar-refractivity contribution in [2.24, 2.45) is 5.73 Å². The van der Waals surface area contributed by atoms with Gasteiger partial charge in [-0.15, -0.1) is 0 Å². The van der Waals surface area contributed by atoms with Gasteiger partial charge in [-0.3, -0.25) is 0 Å². The van der Waals surface area contributed by atoms with E-state index in [4.69, 9.17) is 26.8 Å². The Morgan fingerprint density at radius 3 is 2.78 bits per heavy atom. The molecule has 0 atom stereocenters. The summed E-state index contributed by atoms with van der Waals surface area (Å²) >= 11 is 7.89. The van der Waals surface area contributed by atoms with Gasteiger partial charge in [0.05, 0.1) is 13.7 Å².